The van der Waals surface area contributed by atoms with Crippen molar-refractivity contribution in [3.63, 3.8) is 0 Å². The van der Waals surface area contributed by atoms with E-state index in [1.165, 1.54) is 6.08 Å². The largest absolute Gasteiger partial charge is 0.377 e. The quantitative estimate of drug-likeness (QED) is 0.532. The second-order valence-electron chi connectivity index (χ2n) is 3.99. The summed E-state index contributed by atoms with van der Waals surface area (Å²) in [7, 11) is 0. The molecular formula is C10H10O2. The minimum absolute atomic E-state index is 0.133. The molecule has 0 amide bonds. The van der Waals surface area contributed by atoms with Crippen molar-refractivity contribution in [1.82, 2.24) is 0 Å². The van der Waals surface area contributed by atoms with E-state index in [0.29, 0.717) is 11.8 Å². The fourth-order valence-electron chi connectivity index (χ4n) is 2.47. The molecule has 0 aromatic heterocycles. The van der Waals surface area contributed by atoms with Crippen molar-refractivity contribution in [1.29, 1.82) is 0 Å². The van der Waals surface area contributed by atoms with Crippen LogP contribution in [0.25, 0.3) is 0 Å². The van der Waals surface area contributed by atoms with Gasteiger partial charge in [-0.3, -0.25) is 4.79 Å². The topological polar surface area (TPSA) is 37.3 Å². The number of aliphatic hydroxyl groups is 1. The van der Waals surface area contributed by atoms with E-state index < -0.39 is 5.60 Å². The molecule has 0 spiro atoms. The van der Waals surface area contributed by atoms with E-state index in [0.717, 1.165) is 6.42 Å². The van der Waals surface area contributed by atoms with Crippen molar-refractivity contribution < 1.29 is 9.90 Å². The van der Waals surface area contributed by atoms with E-state index in [2.05, 4.69) is 0 Å². The summed E-state index contributed by atoms with van der Waals surface area (Å²) in [6.45, 7) is 0. The summed E-state index contributed by atoms with van der Waals surface area (Å²) in [4.78, 5) is 11.4. The molecule has 0 radical (unpaired) electrons. The van der Waals surface area contributed by atoms with E-state index in [9.17, 15) is 9.90 Å². The first-order valence-electron chi connectivity index (χ1n) is 4.36. The van der Waals surface area contributed by atoms with Crippen molar-refractivity contribution in [3.05, 3.63) is 24.3 Å². The molecule has 0 heterocycles. The number of ketones is 1. The van der Waals surface area contributed by atoms with Crippen LogP contribution < -0.4 is 0 Å². The number of allylic oxidation sites excluding steroid dienone is 2. The highest BCUT2D eigenvalue weighted by Crippen LogP contribution is 2.56. The molecule has 1 N–H and O–H groups in total. The molecule has 0 aromatic rings. The maximum atomic E-state index is 11.4. The third kappa shape index (κ3) is 0.581. The van der Waals surface area contributed by atoms with E-state index in [1.54, 1.807) is 6.08 Å². The van der Waals surface area contributed by atoms with Crippen LogP contribution in [-0.2, 0) is 4.79 Å². The summed E-state index contributed by atoms with van der Waals surface area (Å²) in [5, 5.41) is 9.99. The van der Waals surface area contributed by atoms with Crippen molar-refractivity contribution in [2.75, 3.05) is 0 Å². The van der Waals surface area contributed by atoms with Crippen molar-refractivity contribution >= 4 is 5.78 Å². The fraction of sp³-hybridized carbons (Fsp3) is 0.500. The van der Waals surface area contributed by atoms with Gasteiger partial charge < -0.3 is 5.11 Å². The summed E-state index contributed by atoms with van der Waals surface area (Å²) in [6.07, 6.45) is 8.12. The molecule has 2 unspecified atom stereocenters. The second-order valence-corrected chi connectivity index (χ2v) is 3.99. The first-order valence-corrected chi connectivity index (χ1v) is 4.36. The van der Waals surface area contributed by atoms with E-state index in [1.807, 2.05) is 12.2 Å². The molecule has 0 aromatic carbocycles. The Morgan fingerprint density at radius 2 is 2.33 bits per heavy atom. The molecule has 4 aliphatic rings. The zero-order valence-electron chi connectivity index (χ0n) is 6.60. The molecule has 2 nitrogen and oxygen atoms in total. The third-order valence-corrected chi connectivity index (χ3v) is 3.34. The smallest absolute Gasteiger partial charge is 0.191 e. The van der Waals surface area contributed by atoms with Crippen LogP contribution in [0.5, 0.6) is 0 Å². The van der Waals surface area contributed by atoms with Gasteiger partial charge in [0.25, 0.3) is 0 Å². The zero-order chi connectivity index (χ0) is 8.34. The predicted molar refractivity (Wildman–Crippen MR) is 43.3 cm³/mol. The number of carbonyl (C=O) groups excluding carboxylic acids is 1. The lowest BCUT2D eigenvalue weighted by Crippen LogP contribution is -2.39. The van der Waals surface area contributed by atoms with Gasteiger partial charge in [0.15, 0.2) is 5.78 Å². The second kappa shape index (κ2) is 1.72. The molecule has 2 heteroatoms. The average Bonchev–Trinajstić information content (AvgIpc) is 2.81. The van der Waals surface area contributed by atoms with E-state index in [-0.39, 0.29) is 11.7 Å². The minimum Gasteiger partial charge on any atom is -0.377 e. The molecular weight excluding hydrogens is 152 g/mol. The molecule has 4 rings (SSSR count). The average molecular weight is 162 g/mol. The Bertz CT molecular complexity index is 316. The van der Waals surface area contributed by atoms with Gasteiger partial charge in [-0.15, -0.1) is 0 Å². The van der Waals surface area contributed by atoms with E-state index in [4.69, 9.17) is 0 Å². The maximum absolute atomic E-state index is 11.4. The Kier molecular flexibility index (Phi) is 0.945. The molecule has 4 atom stereocenters. The molecule has 12 heavy (non-hydrogen) atoms. The molecule has 0 aliphatic heterocycles. The van der Waals surface area contributed by atoms with E-state index >= 15 is 0 Å². The van der Waals surface area contributed by atoms with Crippen LogP contribution in [0.15, 0.2) is 24.3 Å². The van der Waals surface area contributed by atoms with Crippen molar-refractivity contribution in [2.45, 2.75) is 12.0 Å². The lowest BCUT2D eigenvalue weighted by atomic mass is 9.86. The zero-order valence-corrected chi connectivity index (χ0v) is 6.60. The van der Waals surface area contributed by atoms with Gasteiger partial charge in [0, 0.05) is 5.92 Å². The molecule has 1 fully saturated rings. The maximum Gasteiger partial charge on any atom is 0.191 e. The summed E-state index contributed by atoms with van der Waals surface area (Å²) in [6, 6.07) is 0. The Morgan fingerprint density at radius 1 is 1.50 bits per heavy atom. The van der Waals surface area contributed by atoms with Gasteiger partial charge in [-0.1, -0.05) is 12.2 Å². The van der Waals surface area contributed by atoms with Crippen LogP contribution in [-0.4, -0.2) is 16.5 Å². The van der Waals surface area contributed by atoms with Crippen molar-refractivity contribution in [2.24, 2.45) is 17.8 Å². The first kappa shape index (κ1) is 6.61. The highest BCUT2D eigenvalue weighted by molar-refractivity contribution is 6.00. The highest BCUT2D eigenvalue weighted by Gasteiger charge is 2.59. The van der Waals surface area contributed by atoms with Gasteiger partial charge in [0.2, 0.25) is 0 Å². The lowest BCUT2D eigenvalue weighted by Gasteiger charge is -2.24. The number of carbonyl (C=O) groups is 1. The van der Waals surface area contributed by atoms with Gasteiger partial charge in [-0.25, -0.2) is 0 Å². The van der Waals surface area contributed by atoms with Crippen LogP contribution in [0.2, 0.25) is 0 Å². The SMILES string of the molecule is O=C1C=CC2C=CC1(O)[C@@H]1C[C@H]21. The van der Waals surface area contributed by atoms with Gasteiger partial charge in [-0.2, -0.15) is 0 Å². The Labute approximate surface area is 70.6 Å². The highest BCUT2D eigenvalue weighted by atomic mass is 16.3. The van der Waals surface area contributed by atoms with Crippen LogP contribution in [0.4, 0.5) is 0 Å². The Balaban J connectivity index is 2.19. The normalized spacial score (nSPS) is 53.8. The number of fused-ring (bicyclic) bond motifs is 1. The van der Waals surface area contributed by atoms with Crippen LogP contribution >= 0.6 is 0 Å². The third-order valence-electron chi connectivity index (χ3n) is 3.34. The summed E-state index contributed by atoms with van der Waals surface area (Å²) >= 11 is 0. The fourth-order valence-corrected chi connectivity index (χ4v) is 2.47. The van der Waals surface area contributed by atoms with Gasteiger partial charge in [0.1, 0.15) is 5.60 Å². The lowest BCUT2D eigenvalue weighted by molar-refractivity contribution is -0.129. The molecule has 1 saturated carbocycles. The van der Waals surface area contributed by atoms with Crippen LogP contribution in [0, 0.1) is 17.8 Å². The monoisotopic (exact) mass is 162 g/mol. The molecule has 4 aliphatic carbocycles. The van der Waals surface area contributed by atoms with Crippen LogP contribution in [0.1, 0.15) is 6.42 Å². The minimum atomic E-state index is -1.14. The summed E-state index contributed by atoms with van der Waals surface area (Å²) in [5.74, 6) is 1.01. The number of rotatable bonds is 0. The Hall–Kier alpha value is -0.890. The summed E-state index contributed by atoms with van der Waals surface area (Å²) in [5.41, 5.74) is -1.14. The number of hydrogen-bond donors (Lipinski definition) is 1. The summed E-state index contributed by atoms with van der Waals surface area (Å²) < 4.78 is 0. The van der Waals surface area contributed by atoms with Gasteiger partial charge in [0.05, 0.1) is 0 Å². The standard InChI is InChI=1S/C10H10O2/c11-9-2-1-6-3-4-10(9,12)8-5-7(6)8/h1-4,6-8,12H,5H2/t6?,7-,8-,10?/m1/s1. The van der Waals surface area contributed by atoms with Crippen molar-refractivity contribution in [3.8, 4) is 0 Å². The molecule has 62 valence electrons. The first-order chi connectivity index (χ1) is 5.72. The van der Waals surface area contributed by atoms with Crippen LogP contribution in [0.3, 0.4) is 0 Å². The predicted octanol–water partition coefficient (Wildman–Crippen LogP) is 0.678. The van der Waals surface area contributed by atoms with Gasteiger partial charge >= 0.3 is 0 Å². The molecule has 2 bridgehead atoms. The van der Waals surface area contributed by atoms with Gasteiger partial charge in [-0.05, 0) is 30.4 Å². The Morgan fingerprint density at radius 3 is 3.17 bits per heavy atom. The number of hydrogen-bond acceptors (Lipinski definition) is 2. The molecule has 0 saturated heterocycles.